The molecule has 0 aliphatic carbocycles. The lowest BCUT2D eigenvalue weighted by Gasteiger charge is -2.11. The molecular weight excluding hydrogens is 389 g/mol. The molecule has 2 heterocycles. The first-order chi connectivity index (χ1) is 11.5. The molecule has 9 heteroatoms. The van der Waals surface area contributed by atoms with E-state index in [2.05, 4.69) is 20.3 Å². The fourth-order valence-electron chi connectivity index (χ4n) is 1.90. The van der Waals surface area contributed by atoms with Crippen LogP contribution in [0.15, 0.2) is 52.5 Å². The van der Waals surface area contributed by atoms with E-state index in [4.69, 9.17) is 40.5 Å². The van der Waals surface area contributed by atoms with E-state index in [1.54, 1.807) is 30.6 Å². The van der Waals surface area contributed by atoms with Gasteiger partial charge < -0.3 is 11.1 Å². The van der Waals surface area contributed by atoms with E-state index in [1.165, 1.54) is 11.8 Å². The molecule has 2 aromatic heterocycles. The van der Waals surface area contributed by atoms with Crippen molar-refractivity contribution in [3.8, 4) is 0 Å². The van der Waals surface area contributed by atoms with Crippen molar-refractivity contribution < 1.29 is 0 Å². The molecule has 1 aromatic carbocycles. The van der Waals surface area contributed by atoms with Crippen LogP contribution in [-0.2, 0) is 0 Å². The lowest BCUT2D eigenvalue weighted by Crippen LogP contribution is -2.00. The van der Waals surface area contributed by atoms with Crippen molar-refractivity contribution in [2.75, 3.05) is 11.1 Å². The lowest BCUT2D eigenvalue weighted by molar-refractivity contribution is 1.18. The maximum atomic E-state index is 6.37. The molecule has 5 nitrogen and oxygen atoms in total. The molecule has 3 N–H and O–H groups in total. The second kappa shape index (κ2) is 7.44. The van der Waals surface area contributed by atoms with Crippen LogP contribution in [0.4, 0.5) is 17.5 Å². The molecule has 0 unspecified atom stereocenters. The van der Waals surface area contributed by atoms with E-state index in [9.17, 15) is 0 Å². The number of nitrogen functional groups attached to an aromatic ring is 1. The highest BCUT2D eigenvalue weighted by Gasteiger charge is 2.11. The van der Waals surface area contributed by atoms with Gasteiger partial charge in [0.05, 0.1) is 10.0 Å². The van der Waals surface area contributed by atoms with Gasteiger partial charge in [-0.15, -0.1) is 0 Å². The van der Waals surface area contributed by atoms with Gasteiger partial charge in [-0.1, -0.05) is 46.6 Å². The summed E-state index contributed by atoms with van der Waals surface area (Å²) in [5.41, 5.74) is 6.24. The Balaban J connectivity index is 1.86. The molecule has 0 atom stereocenters. The molecule has 0 amide bonds. The molecule has 0 radical (unpaired) electrons. The van der Waals surface area contributed by atoms with Crippen molar-refractivity contribution in [1.29, 1.82) is 0 Å². The van der Waals surface area contributed by atoms with E-state index < -0.39 is 0 Å². The third-order valence-corrected chi connectivity index (χ3v) is 5.02. The number of rotatable bonds is 4. The molecule has 0 fully saturated rings. The lowest BCUT2D eigenvalue weighted by atomic mass is 10.3. The first-order valence-corrected chi connectivity index (χ1v) is 8.60. The summed E-state index contributed by atoms with van der Waals surface area (Å²) in [6.07, 6.45) is 3.42. The molecule has 0 aliphatic rings. The van der Waals surface area contributed by atoms with Crippen LogP contribution in [0.5, 0.6) is 0 Å². The van der Waals surface area contributed by atoms with Crippen LogP contribution in [0.2, 0.25) is 15.2 Å². The number of pyridine rings is 1. The highest BCUT2D eigenvalue weighted by Crippen LogP contribution is 2.40. The van der Waals surface area contributed by atoms with Crippen molar-refractivity contribution in [1.82, 2.24) is 15.0 Å². The number of anilines is 3. The maximum absolute atomic E-state index is 6.37. The predicted octanol–water partition coefficient (Wildman–Crippen LogP) is 5.31. The summed E-state index contributed by atoms with van der Waals surface area (Å²) in [7, 11) is 0. The molecule has 0 saturated carbocycles. The fraction of sp³-hybridized carbons (Fsp3) is 0. The predicted molar refractivity (Wildman–Crippen MR) is 99.6 cm³/mol. The van der Waals surface area contributed by atoms with Crippen molar-refractivity contribution in [2.45, 2.75) is 9.79 Å². The molecular formula is C15H10Cl3N5S. The molecule has 0 saturated heterocycles. The average Bonchev–Trinajstić information content (AvgIpc) is 2.51. The van der Waals surface area contributed by atoms with Gasteiger partial charge >= 0.3 is 0 Å². The monoisotopic (exact) mass is 397 g/mol. The van der Waals surface area contributed by atoms with Gasteiger partial charge in [0.1, 0.15) is 11.0 Å². The Morgan fingerprint density at radius 3 is 2.25 bits per heavy atom. The quantitative estimate of drug-likeness (QED) is 0.580. The molecule has 3 rings (SSSR count). The molecule has 0 bridgehead atoms. The maximum Gasteiger partial charge on any atom is 0.223 e. The van der Waals surface area contributed by atoms with E-state index >= 15 is 0 Å². The minimum Gasteiger partial charge on any atom is -0.368 e. The van der Waals surface area contributed by atoms with Crippen LogP contribution in [0.25, 0.3) is 0 Å². The molecule has 122 valence electrons. The number of aromatic nitrogens is 3. The minimum atomic E-state index is 0.0760. The smallest absolute Gasteiger partial charge is 0.223 e. The van der Waals surface area contributed by atoms with Crippen molar-refractivity contribution in [3.63, 3.8) is 0 Å². The summed E-state index contributed by atoms with van der Waals surface area (Å²) in [5, 5.41) is 4.32. The molecule has 3 aromatic rings. The highest BCUT2D eigenvalue weighted by molar-refractivity contribution is 7.99. The number of halogens is 3. The van der Waals surface area contributed by atoms with Crippen LogP contribution < -0.4 is 11.1 Å². The van der Waals surface area contributed by atoms with Gasteiger partial charge in [0, 0.05) is 33.9 Å². The van der Waals surface area contributed by atoms with E-state index in [0.29, 0.717) is 21.6 Å². The first kappa shape index (κ1) is 17.1. The van der Waals surface area contributed by atoms with Crippen LogP contribution in [0.1, 0.15) is 0 Å². The summed E-state index contributed by atoms with van der Waals surface area (Å²) in [6.45, 7) is 0. The average molecular weight is 399 g/mol. The van der Waals surface area contributed by atoms with Gasteiger partial charge in [-0.3, -0.25) is 4.98 Å². The summed E-state index contributed by atoms with van der Waals surface area (Å²) in [4.78, 5) is 13.6. The van der Waals surface area contributed by atoms with Gasteiger partial charge in [0.2, 0.25) is 5.95 Å². The summed E-state index contributed by atoms with van der Waals surface area (Å²) in [6, 6.07) is 8.83. The van der Waals surface area contributed by atoms with Gasteiger partial charge in [0.15, 0.2) is 0 Å². The minimum absolute atomic E-state index is 0.0760. The van der Waals surface area contributed by atoms with Crippen LogP contribution >= 0.6 is 46.6 Å². The third kappa shape index (κ3) is 4.21. The topological polar surface area (TPSA) is 76.7 Å². The zero-order valence-corrected chi connectivity index (χ0v) is 15.1. The van der Waals surface area contributed by atoms with Gasteiger partial charge in [-0.05, 0) is 24.3 Å². The van der Waals surface area contributed by atoms with Crippen LogP contribution in [-0.4, -0.2) is 15.0 Å². The van der Waals surface area contributed by atoms with E-state index in [-0.39, 0.29) is 11.1 Å². The summed E-state index contributed by atoms with van der Waals surface area (Å²) >= 11 is 20.1. The Kier molecular flexibility index (Phi) is 5.30. The second-order valence-corrected chi connectivity index (χ2v) is 6.90. The van der Waals surface area contributed by atoms with Crippen molar-refractivity contribution >= 4 is 64.0 Å². The Bertz CT molecular complexity index is 833. The number of hydrogen-bond acceptors (Lipinski definition) is 6. The van der Waals surface area contributed by atoms with E-state index in [1.807, 2.05) is 12.1 Å². The number of hydrogen-bond donors (Lipinski definition) is 2. The van der Waals surface area contributed by atoms with Gasteiger partial charge in [-0.2, -0.15) is 4.98 Å². The summed E-state index contributed by atoms with van der Waals surface area (Å²) < 4.78 is 0. The summed E-state index contributed by atoms with van der Waals surface area (Å²) in [5.74, 6) is 0.529. The number of nitrogens with one attached hydrogen (secondary N) is 1. The Morgan fingerprint density at radius 2 is 1.62 bits per heavy atom. The van der Waals surface area contributed by atoms with Gasteiger partial charge in [0.25, 0.3) is 0 Å². The zero-order chi connectivity index (χ0) is 17.1. The highest BCUT2D eigenvalue weighted by atomic mass is 35.5. The molecule has 0 spiro atoms. The molecule has 24 heavy (non-hydrogen) atoms. The zero-order valence-electron chi connectivity index (χ0n) is 12.0. The first-order valence-electron chi connectivity index (χ1n) is 6.65. The van der Waals surface area contributed by atoms with E-state index in [0.717, 1.165) is 9.79 Å². The number of nitrogens with two attached hydrogens (primary N) is 1. The van der Waals surface area contributed by atoms with Crippen LogP contribution in [0.3, 0.4) is 0 Å². The van der Waals surface area contributed by atoms with Crippen molar-refractivity contribution in [2.24, 2.45) is 0 Å². The normalized spacial score (nSPS) is 10.6. The standard InChI is InChI=1S/C15H10Cl3N5S/c16-10-5-8(21-13-7-12(18)22-15(19)23-13)6-11(17)14(10)24-9-1-3-20-4-2-9/h1-7H,(H3,19,21,22,23). The SMILES string of the molecule is Nc1nc(Cl)cc(Nc2cc(Cl)c(Sc3ccncc3)c(Cl)c2)n1. The Labute approximate surface area is 157 Å². The third-order valence-electron chi connectivity index (χ3n) is 2.85. The molecule has 0 aliphatic heterocycles. The Morgan fingerprint density at radius 1 is 0.958 bits per heavy atom. The number of nitrogens with zero attached hydrogens (tertiary/aromatic N) is 3. The fourth-order valence-corrected chi connectivity index (χ4v) is 3.62. The largest absolute Gasteiger partial charge is 0.368 e. The Hall–Kier alpha value is -1.73. The second-order valence-electron chi connectivity index (χ2n) is 4.61. The number of benzene rings is 1. The van der Waals surface area contributed by atoms with Crippen molar-refractivity contribution in [3.05, 3.63) is 57.9 Å². The van der Waals surface area contributed by atoms with Crippen LogP contribution in [0, 0.1) is 0 Å². The van der Waals surface area contributed by atoms with Gasteiger partial charge in [-0.25, -0.2) is 4.98 Å².